The molecule has 0 aromatic carbocycles. The molecule has 2 unspecified atom stereocenters. The van der Waals surface area contributed by atoms with Crippen molar-refractivity contribution in [2.24, 2.45) is 5.92 Å². The summed E-state index contributed by atoms with van der Waals surface area (Å²) in [6.45, 7) is 5.65. The van der Waals surface area contributed by atoms with Crippen LogP contribution in [0.1, 0.15) is 13.3 Å². The molecule has 0 aromatic heterocycles. The van der Waals surface area contributed by atoms with Crippen LogP contribution in [0.3, 0.4) is 0 Å². The molecule has 10 heavy (non-hydrogen) atoms. The zero-order valence-electron chi connectivity index (χ0n) is 5.91. The van der Waals surface area contributed by atoms with Crippen LogP contribution in [0.15, 0.2) is 12.7 Å². The molecule has 60 valence electrons. The fraction of sp³-hybridized carbons (Fsp3) is 0.667. The minimum absolute atomic E-state index is 0.218. The summed E-state index contributed by atoms with van der Waals surface area (Å²) in [5, 5.41) is 0. The first-order chi connectivity index (χ1) is 4.66. The van der Waals surface area contributed by atoms with Gasteiger partial charge in [0.1, 0.15) is 0 Å². The van der Waals surface area contributed by atoms with E-state index in [2.05, 4.69) is 10.8 Å². The second-order valence-corrected chi connectivity index (χ2v) is 2.76. The summed E-state index contributed by atoms with van der Waals surface area (Å²) in [5.74, 6) is 0.218. The molecule has 0 aliphatic heterocycles. The van der Waals surface area contributed by atoms with Crippen molar-refractivity contribution in [2.45, 2.75) is 13.3 Å². The molecular weight excluding hydrogens is 152 g/mol. The maximum absolute atomic E-state index is 9.86. The van der Waals surface area contributed by atoms with Crippen LogP contribution in [0.25, 0.3) is 0 Å². The van der Waals surface area contributed by atoms with E-state index in [0.29, 0.717) is 0 Å². The smallest absolute Gasteiger partial charge is 0.0842 e. The van der Waals surface area contributed by atoms with Crippen molar-refractivity contribution in [1.82, 2.24) is 0 Å². The van der Waals surface area contributed by atoms with Crippen LogP contribution in [0, 0.1) is 5.92 Å². The van der Waals surface area contributed by atoms with E-state index in [4.69, 9.17) is 0 Å². The van der Waals surface area contributed by atoms with E-state index in [-0.39, 0.29) is 12.5 Å². The molecule has 2 atom stereocenters. The van der Waals surface area contributed by atoms with Gasteiger partial charge in [-0.15, -0.1) is 6.58 Å². The lowest BCUT2D eigenvalue weighted by atomic mass is 10.1. The monoisotopic (exact) mass is 163 g/mol. The molecule has 0 aromatic rings. The van der Waals surface area contributed by atoms with Gasteiger partial charge in [-0.05, 0) is 12.3 Å². The van der Waals surface area contributed by atoms with Gasteiger partial charge in [-0.3, -0.25) is 0 Å². The molecule has 0 rings (SSSR count). The second-order valence-electron chi connectivity index (χ2n) is 2.12. The van der Waals surface area contributed by atoms with Gasteiger partial charge in [-0.2, -0.15) is 0 Å². The Kier molecular flexibility index (Phi) is 5.48. The third-order valence-corrected chi connectivity index (χ3v) is 1.35. The van der Waals surface area contributed by atoms with E-state index in [1.54, 1.807) is 6.08 Å². The quantitative estimate of drug-likeness (QED) is 0.449. The van der Waals surface area contributed by atoms with E-state index in [9.17, 15) is 8.76 Å². The summed E-state index contributed by atoms with van der Waals surface area (Å²) in [7, 11) is 0. The Morgan fingerprint density at radius 2 is 2.50 bits per heavy atom. The Bertz CT molecular complexity index is 124. The van der Waals surface area contributed by atoms with Crippen LogP contribution in [0.2, 0.25) is 0 Å². The van der Waals surface area contributed by atoms with Crippen LogP contribution in [-0.2, 0) is 15.5 Å². The molecule has 0 N–H and O–H groups in total. The first-order valence-corrected chi connectivity index (χ1v) is 4.00. The minimum atomic E-state index is -2.37. The van der Waals surface area contributed by atoms with Crippen molar-refractivity contribution in [3.63, 3.8) is 0 Å². The van der Waals surface area contributed by atoms with Gasteiger partial charge < -0.3 is 8.74 Å². The van der Waals surface area contributed by atoms with Gasteiger partial charge in [0.05, 0.1) is 18.0 Å². The first kappa shape index (κ1) is 9.81. The summed E-state index contributed by atoms with van der Waals surface area (Å²) in [6.07, 6.45) is 2.51. The summed E-state index contributed by atoms with van der Waals surface area (Å²) >= 11 is -2.37. The Morgan fingerprint density at radius 1 is 1.90 bits per heavy atom. The molecule has 0 aliphatic rings. The Labute approximate surface area is 63.6 Å². The molecule has 0 spiro atoms. The third kappa shape index (κ3) is 5.94. The van der Waals surface area contributed by atoms with E-state index >= 15 is 0 Å². The molecule has 0 saturated carbocycles. The topological polar surface area (TPSA) is 49.4 Å². The highest BCUT2D eigenvalue weighted by molar-refractivity contribution is 7.74. The fourth-order valence-electron chi connectivity index (χ4n) is 0.524. The van der Waals surface area contributed by atoms with E-state index < -0.39 is 11.4 Å². The first-order valence-electron chi connectivity index (χ1n) is 3.00. The predicted molar refractivity (Wildman–Crippen MR) is 38.8 cm³/mol. The summed E-state index contributed by atoms with van der Waals surface area (Å²) in [4.78, 5) is 0. The highest BCUT2D eigenvalue weighted by Gasteiger charge is 1.98. The Hall–Kier alpha value is -0.190. The summed E-state index contributed by atoms with van der Waals surface area (Å²) in [6, 6.07) is 0. The van der Waals surface area contributed by atoms with Crippen molar-refractivity contribution >= 4 is 11.4 Å². The second kappa shape index (κ2) is 5.58. The van der Waals surface area contributed by atoms with Gasteiger partial charge in [0, 0.05) is 0 Å². The average molecular weight is 163 g/mol. The zero-order chi connectivity index (χ0) is 7.98. The van der Waals surface area contributed by atoms with Crippen LogP contribution in [-0.4, -0.2) is 15.4 Å². The fourth-order valence-corrected chi connectivity index (χ4v) is 0.868. The third-order valence-electron chi connectivity index (χ3n) is 1.02. The highest BCUT2D eigenvalue weighted by Crippen LogP contribution is 2.02. The number of allylic oxidation sites excluding steroid dienone is 1. The molecule has 0 fully saturated rings. The molecule has 0 heterocycles. The number of hydrogen-bond acceptors (Lipinski definition) is 3. The lowest BCUT2D eigenvalue weighted by Gasteiger charge is -2.09. The summed E-state index contributed by atoms with van der Waals surface area (Å²) < 4.78 is 24.0. The van der Waals surface area contributed by atoms with Crippen molar-refractivity contribution in [3.05, 3.63) is 12.7 Å². The number of rotatable bonds is 5. The van der Waals surface area contributed by atoms with Crippen LogP contribution < -0.4 is 0 Å². The molecule has 3 nitrogen and oxygen atoms in total. The Morgan fingerprint density at radius 3 is 2.90 bits per heavy atom. The van der Waals surface area contributed by atoms with E-state index in [0.717, 1.165) is 6.42 Å². The molecule has 4 heteroatoms. The van der Waals surface area contributed by atoms with Gasteiger partial charge >= 0.3 is 0 Å². The average Bonchev–Trinajstić information content (AvgIpc) is 1.85. The Balaban J connectivity index is 3.29. The van der Waals surface area contributed by atoms with Gasteiger partial charge in [0.25, 0.3) is 0 Å². The lowest BCUT2D eigenvalue weighted by Crippen LogP contribution is -2.06. The van der Waals surface area contributed by atoms with Crippen LogP contribution in [0.4, 0.5) is 0 Å². The molecule has 0 radical (unpaired) electrons. The zero-order valence-corrected chi connectivity index (χ0v) is 6.73. The predicted octanol–water partition coefficient (Wildman–Crippen LogP) is 1.01. The molecule has 0 saturated heterocycles. The number of hydrogen-bond donors (Lipinski definition) is 0. The SMILES string of the molecule is C=CCC(C)COS(=O)[O-]. The van der Waals surface area contributed by atoms with E-state index in [1.165, 1.54) is 0 Å². The van der Waals surface area contributed by atoms with Crippen LogP contribution >= 0.6 is 0 Å². The van der Waals surface area contributed by atoms with Crippen molar-refractivity contribution < 1.29 is 12.9 Å². The summed E-state index contributed by atoms with van der Waals surface area (Å²) in [5.41, 5.74) is 0. The van der Waals surface area contributed by atoms with Gasteiger partial charge in [0.15, 0.2) is 0 Å². The molecule has 0 amide bonds. The van der Waals surface area contributed by atoms with Gasteiger partial charge in [-0.25, -0.2) is 4.21 Å². The van der Waals surface area contributed by atoms with Crippen LogP contribution in [0.5, 0.6) is 0 Å². The normalized spacial score (nSPS) is 16.2. The van der Waals surface area contributed by atoms with Gasteiger partial charge in [-0.1, -0.05) is 13.0 Å². The largest absolute Gasteiger partial charge is 0.750 e. The van der Waals surface area contributed by atoms with Crippen molar-refractivity contribution in [3.8, 4) is 0 Å². The van der Waals surface area contributed by atoms with E-state index in [1.807, 2.05) is 6.92 Å². The molecule has 0 bridgehead atoms. The molecular formula is C6H11O3S-. The maximum atomic E-state index is 9.86. The van der Waals surface area contributed by atoms with Crippen molar-refractivity contribution in [1.29, 1.82) is 0 Å². The molecule has 0 aliphatic carbocycles. The minimum Gasteiger partial charge on any atom is -0.750 e. The lowest BCUT2D eigenvalue weighted by molar-refractivity contribution is 0.254. The highest BCUT2D eigenvalue weighted by atomic mass is 32.2. The maximum Gasteiger partial charge on any atom is 0.0842 e. The standard InChI is InChI=1S/C6H12O3S/c1-3-4-6(2)5-9-10(7)8/h3,6H,1,4-5H2,2H3,(H,7,8)/p-1. The van der Waals surface area contributed by atoms with Gasteiger partial charge in [0.2, 0.25) is 0 Å². The van der Waals surface area contributed by atoms with Crippen molar-refractivity contribution in [2.75, 3.05) is 6.61 Å².